The molecule has 4 heterocycles. The first-order valence-electron chi connectivity index (χ1n) is 16.4. The number of amides is 6. The van der Waals surface area contributed by atoms with Crippen molar-refractivity contribution < 1.29 is 28.8 Å². The van der Waals surface area contributed by atoms with Crippen molar-refractivity contribution >= 4 is 89.0 Å². The second-order valence-corrected chi connectivity index (χ2v) is 12.1. The van der Waals surface area contributed by atoms with Crippen molar-refractivity contribution in [1.29, 1.82) is 0 Å². The molecule has 3 saturated heterocycles. The van der Waals surface area contributed by atoms with Crippen molar-refractivity contribution in [2.75, 3.05) is 14.7 Å². The first-order chi connectivity index (χ1) is 24.7. The van der Waals surface area contributed by atoms with Crippen molar-refractivity contribution in [3.8, 4) is 0 Å². The molecule has 3 aliphatic heterocycles. The Kier molecular flexibility index (Phi) is 9.04. The van der Waals surface area contributed by atoms with E-state index >= 15 is 0 Å². The third-order valence-corrected chi connectivity index (χ3v) is 8.57. The Labute approximate surface area is 292 Å². The maximum atomic E-state index is 12.1. The number of benzene rings is 3. The van der Waals surface area contributed by atoms with Crippen LogP contribution in [-0.4, -0.2) is 50.4 Å². The van der Waals surface area contributed by atoms with Crippen molar-refractivity contribution in [2.45, 2.75) is 38.5 Å². The van der Waals surface area contributed by atoms with Gasteiger partial charge in [0.1, 0.15) is 0 Å². The van der Waals surface area contributed by atoms with Gasteiger partial charge in [-0.15, -0.1) is 0 Å². The van der Waals surface area contributed by atoms with Crippen LogP contribution in [0.5, 0.6) is 0 Å². The Bertz CT molecular complexity index is 1860. The molecule has 0 atom stereocenters. The largest absolute Gasteiger partial charge is 0.274 e. The summed E-state index contributed by atoms with van der Waals surface area (Å²) in [4.78, 5) is 90.1. The predicted molar refractivity (Wildman–Crippen MR) is 191 cm³/mol. The molecule has 0 N–H and O–H groups in total. The zero-order valence-electron chi connectivity index (χ0n) is 27.3. The molecule has 1 aromatic heterocycles. The van der Waals surface area contributed by atoms with E-state index in [0.29, 0.717) is 34.5 Å². The van der Waals surface area contributed by atoms with Crippen molar-refractivity contribution in [1.82, 2.24) is 15.0 Å². The van der Waals surface area contributed by atoms with E-state index in [1.165, 1.54) is 14.7 Å². The molecule has 252 valence electrons. The predicted octanol–water partition coefficient (Wildman–Crippen LogP) is 5.34. The average molecular weight is 679 g/mol. The Hall–Kier alpha value is -6.69. The summed E-state index contributed by atoms with van der Waals surface area (Å²) in [5.74, 6) is -0.149. The lowest BCUT2D eigenvalue weighted by molar-refractivity contribution is -0.122. The lowest BCUT2D eigenvalue weighted by Crippen LogP contribution is -2.28. The van der Waals surface area contributed by atoms with Gasteiger partial charge in [0.2, 0.25) is 35.4 Å². The zero-order valence-corrected chi connectivity index (χ0v) is 27.3. The van der Waals surface area contributed by atoms with Gasteiger partial charge >= 0.3 is 0 Å². The summed E-state index contributed by atoms with van der Waals surface area (Å²) in [6.07, 6.45) is 11.9. The number of hydrogen-bond donors (Lipinski definition) is 0. The lowest BCUT2D eigenvalue weighted by atomic mass is 10.1. The van der Waals surface area contributed by atoms with Crippen molar-refractivity contribution in [3.05, 3.63) is 107 Å². The van der Waals surface area contributed by atoms with E-state index < -0.39 is 0 Å². The van der Waals surface area contributed by atoms with Gasteiger partial charge in [-0.25, -0.2) is 15.0 Å². The Morgan fingerprint density at radius 1 is 0.333 bits per heavy atom. The highest BCUT2D eigenvalue weighted by Gasteiger charge is 2.31. The summed E-state index contributed by atoms with van der Waals surface area (Å²) in [7, 11) is 0. The van der Waals surface area contributed by atoms with Gasteiger partial charge in [-0.1, -0.05) is 54.6 Å². The Balaban J connectivity index is 1.13. The molecule has 0 spiro atoms. The van der Waals surface area contributed by atoms with Crippen LogP contribution < -0.4 is 14.7 Å². The Morgan fingerprint density at radius 2 is 0.549 bits per heavy atom. The van der Waals surface area contributed by atoms with E-state index in [9.17, 15) is 28.8 Å². The van der Waals surface area contributed by atoms with Gasteiger partial charge in [0.25, 0.3) is 0 Å². The van der Waals surface area contributed by atoms with Crippen LogP contribution >= 0.6 is 0 Å². The molecule has 0 radical (unpaired) electrons. The average Bonchev–Trinajstić information content (AvgIpc) is 3.79. The number of anilines is 3. The van der Waals surface area contributed by atoms with Crippen LogP contribution in [0, 0.1) is 0 Å². The second kappa shape index (κ2) is 14.0. The second-order valence-electron chi connectivity index (χ2n) is 12.1. The minimum atomic E-state index is -0.213. The number of carbonyl (C=O) groups is 6. The normalized spacial score (nSPS) is 16.8. The number of rotatable bonds is 9. The van der Waals surface area contributed by atoms with E-state index in [1.54, 1.807) is 91.0 Å². The van der Waals surface area contributed by atoms with Crippen LogP contribution in [0.25, 0.3) is 36.5 Å². The number of aromatic nitrogens is 3. The first-order valence-corrected chi connectivity index (χ1v) is 16.4. The summed E-state index contributed by atoms with van der Waals surface area (Å²) in [5, 5.41) is 0. The number of hydrogen-bond acceptors (Lipinski definition) is 9. The quantitative estimate of drug-likeness (QED) is 0.214. The smallest absolute Gasteiger partial charge is 0.234 e. The number of carbonyl (C=O) groups excluding carboxylic acids is 6. The van der Waals surface area contributed by atoms with Gasteiger partial charge in [-0.2, -0.15) is 0 Å². The molecule has 0 aliphatic carbocycles. The van der Waals surface area contributed by atoms with E-state index in [4.69, 9.17) is 0 Å². The van der Waals surface area contributed by atoms with Gasteiger partial charge in [0, 0.05) is 38.5 Å². The van der Waals surface area contributed by atoms with E-state index in [-0.39, 0.29) is 74.0 Å². The minimum Gasteiger partial charge on any atom is -0.274 e. The number of nitrogens with zero attached hydrogens (tertiary/aromatic N) is 6. The summed E-state index contributed by atoms with van der Waals surface area (Å²) in [5.41, 5.74) is 3.99. The molecule has 12 heteroatoms. The Morgan fingerprint density at radius 3 is 0.765 bits per heavy atom. The van der Waals surface area contributed by atoms with Crippen molar-refractivity contribution in [2.24, 2.45) is 0 Å². The number of imide groups is 3. The standard InChI is InChI=1S/C39H30N6O6/c46-34-19-20-35(47)43(34)28-10-1-25(2-11-28)7-16-31-40-32(17-8-26-3-12-29(13-4-26)44-36(48)21-22-37(44)49)42-33(41-31)18-9-27-5-14-30(15-6-27)45-38(50)23-24-39(45)51/h1-18H,19-24H2/b16-7+,17-8+,18-9+. The van der Waals surface area contributed by atoms with Gasteiger partial charge in [-0.05, 0) is 71.3 Å². The summed E-state index contributed by atoms with van der Waals surface area (Å²) in [6, 6.07) is 21.1. The van der Waals surface area contributed by atoms with Crippen LogP contribution in [0.1, 0.15) is 72.7 Å². The lowest BCUT2D eigenvalue weighted by Gasteiger charge is -2.13. The van der Waals surface area contributed by atoms with Gasteiger partial charge in [-0.3, -0.25) is 43.5 Å². The fourth-order valence-corrected chi connectivity index (χ4v) is 5.96. The molecular formula is C39H30N6O6. The van der Waals surface area contributed by atoms with Crippen LogP contribution in [0.4, 0.5) is 17.1 Å². The van der Waals surface area contributed by atoms with Crippen LogP contribution in [0.3, 0.4) is 0 Å². The maximum Gasteiger partial charge on any atom is 0.234 e. The summed E-state index contributed by atoms with van der Waals surface area (Å²) < 4.78 is 0. The van der Waals surface area contributed by atoms with Gasteiger partial charge < -0.3 is 0 Å². The monoisotopic (exact) mass is 678 g/mol. The third kappa shape index (κ3) is 7.20. The van der Waals surface area contributed by atoms with Gasteiger partial charge in [0.05, 0.1) is 17.1 Å². The molecule has 3 aliphatic rings. The van der Waals surface area contributed by atoms with E-state index in [0.717, 1.165) is 16.7 Å². The molecule has 0 saturated carbocycles. The fourth-order valence-electron chi connectivity index (χ4n) is 5.96. The molecule has 12 nitrogen and oxygen atoms in total. The molecule has 0 bridgehead atoms. The summed E-state index contributed by atoms with van der Waals surface area (Å²) in [6.45, 7) is 0. The topological polar surface area (TPSA) is 151 Å². The molecule has 0 unspecified atom stereocenters. The molecule has 7 rings (SSSR count). The summed E-state index contributed by atoms with van der Waals surface area (Å²) >= 11 is 0. The van der Waals surface area contributed by atoms with Crippen molar-refractivity contribution in [3.63, 3.8) is 0 Å². The first kappa shape index (κ1) is 32.8. The highest BCUT2D eigenvalue weighted by molar-refractivity contribution is 6.21. The van der Waals surface area contributed by atoms with Crippen LogP contribution in [0.15, 0.2) is 72.8 Å². The minimum absolute atomic E-state index is 0.213. The van der Waals surface area contributed by atoms with E-state index in [1.807, 2.05) is 18.2 Å². The molecule has 6 amide bonds. The van der Waals surface area contributed by atoms with E-state index in [2.05, 4.69) is 15.0 Å². The molecule has 3 aromatic carbocycles. The van der Waals surface area contributed by atoms with Crippen LogP contribution in [-0.2, 0) is 28.8 Å². The molecular weight excluding hydrogens is 648 g/mol. The molecule has 51 heavy (non-hydrogen) atoms. The van der Waals surface area contributed by atoms with Crippen LogP contribution in [0.2, 0.25) is 0 Å². The third-order valence-electron chi connectivity index (χ3n) is 8.57. The maximum absolute atomic E-state index is 12.1. The fraction of sp³-hybridized carbons (Fsp3) is 0.154. The SMILES string of the molecule is O=C1CCC(=O)N1c1ccc(/C=C/c2nc(/C=C/c3ccc(N4C(=O)CCC4=O)cc3)nc(/C=C/c3ccc(N4C(=O)CCC4=O)cc3)n2)cc1. The molecule has 4 aromatic rings. The molecule has 3 fully saturated rings. The highest BCUT2D eigenvalue weighted by Crippen LogP contribution is 2.26. The highest BCUT2D eigenvalue weighted by atomic mass is 16.2. The zero-order chi connectivity index (χ0) is 35.5. The van der Waals surface area contributed by atoms with Gasteiger partial charge in [0.15, 0.2) is 17.5 Å².